The Balaban J connectivity index is 2.21. The SMILES string of the molecule is CC(C)[C@H](N)c1nc2c(o1)CCCCC2. The van der Waals surface area contributed by atoms with Crippen LogP contribution in [0.15, 0.2) is 4.42 Å². The minimum atomic E-state index is -0.0584. The molecule has 0 unspecified atom stereocenters. The van der Waals surface area contributed by atoms with Crippen molar-refractivity contribution >= 4 is 0 Å². The van der Waals surface area contributed by atoms with Gasteiger partial charge in [0.2, 0.25) is 5.89 Å². The van der Waals surface area contributed by atoms with Crippen LogP contribution in [0.25, 0.3) is 0 Å². The molecule has 3 nitrogen and oxygen atoms in total. The van der Waals surface area contributed by atoms with Crippen molar-refractivity contribution < 1.29 is 4.42 Å². The van der Waals surface area contributed by atoms with Crippen molar-refractivity contribution in [3.05, 3.63) is 17.3 Å². The Morgan fingerprint density at radius 1 is 1.20 bits per heavy atom. The summed E-state index contributed by atoms with van der Waals surface area (Å²) >= 11 is 0. The van der Waals surface area contributed by atoms with Gasteiger partial charge in [0.25, 0.3) is 0 Å². The van der Waals surface area contributed by atoms with E-state index in [-0.39, 0.29) is 6.04 Å². The maximum atomic E-state index is 6.03. The Morgan fingerprint density at radius 2 is 1.93 bits per heavy atom. The van der Waals surface area contributed by atoms with E-state index in [4.69, 9.17) is 10.2 Å². The van der Waals surface area contributed by atoms with Gasteiger partial charge >= 0.3 is 0 Å². The highest BCUT2D eigenvalue weighted by atomic mass is 16.4. The lowest BCUT2D eigenvalue weighted by Gasteiger charge is -2.10. The number of hydrogen-bond donors (Lipinski definition) is 1. The molecular weight excluding hydrogens is 188 g/mol. The van der Waals surface area contributed by atoms with E-state index in [1.54, 1.807) is 0 Å². The number of nitrogens with zero attached hydrogens (tertiary/aromatic N) is 1. The minimum Gasteiger partial charge on any atom is -0.444 e. The van der Waals surface area contributed by atoms with Crippen LogP contribution in [-0.2, 0) is 12.8 Å². The molecule has 0 radical (unpaired) electrons. The molecular formula is C12H20N2O. The average Bonchev–Trinajstić information content (AvgIpc) is 2.49. The monoisotopic (exact) mass is 208 g/mol. The van der Waals surface area contributed by atoms with Crippen molar-refractivity contribution in [3.8, 4) is 0 Å². The highest BCUT2D eigenvalue weighted by molar-refractivity contribution is 5.13. The third-order valence-corrected chi connectivity index (χ3v) is 3.12. The Labute approximate surface area is 91.1 Å². The number of rotatable bonds is 2. The number of aromatic nitrogens is 1. The smallest absolute Gasteiger partial charge is 0.211 e. The Hall–Kier alpha value is -0.830. The fraction of sp³-hybridized carbons (Fsp3) is 0.750. The van der Waals surface area contributed by atoms with Gasteiger partial charge in [0.05, 0.1) is 11.7 Å². The molecule has 0 aliphatic heterocycles. The van der Waals surface area contributed by atoms with Crippen molar-refractivity contribution in [2.24, 2.45) is 11.7 Å². The number of aryl methyl sites for hydroxylation is 2. The minimum absolute atomic E-state index is 0.0584. The zero-order valence-electron chi connectivity index (χ0n) is 9.62. The largest absolute Gasteiger partial charge is 0.444 e. The van der Waals surface area contributed by atoms with Gasteiger partial charge in [-0.25, -0.2) is 4.98 Å². The van der Waals surface area contributed by atoms with Crippen LogP contribution in [0, 0.1) is 5.92 Å². The van der Waals surface area contributed by atoms with Gasteiger partial charge in [-0.2, -0.15) is 0 Å². The zero-order valence-corrected chi connectivity index (χ0v) is 9.62. The van der Waals surface area contributed by atoms with Crippen molar-refractivity contribution in [1.29, 1.82) is 0 Å². The lowest BCUT2D eigenvalue weighted by Crippen LogP contribution is -2.17. The van der Waals surface area contributed by atoms with E-state index in [2.05, 4.69) is 18.8 Å². The van der Waals surface area contributed by atoms with E-state index in [0.29, 0.717) is 5.92 Å². The molecule has 1 aliphatic rings. The summed E-state index contributed by atoms with van der Waals surface area (Å²) in [6, 6.07) is -0.0584. The molecule has 0 spiro atoms. The molecule has 1 heterocycles. The summed E-state index contributed by atoms with van der Waals surface area (Å²) < 4.78 is 5.77. The molecule has 1 atom stereocenters. The number of fused-ring (bicyclic) bond motifs is 1. The van der Waals surface area contributed by atoms with Crippen LogP contribution in [0.4, 0.5) is 0 Å². The number of oxazole rings is 1. The van der Waals surface area contributed by atoms with Crippen molar-refractivity contribution in [1.82, 2.24) is 4.98 Å². The average molecular weight is 208 g/mol. The first-order valence-electron chi connectivity index (χ1n) is 5.92. The summed E-state index contributed by atoms with van der Waals surface area (Å²) in [5.74, 6) is 2.20. The van der Waals surface area contributed by atoms with Gasteiger partial charge in [-0.15, -0.1) is 0 Å². The fourth-order valence-electron chi connectivity index (χ4n) is 1.98. The molecule has 0 fully saturated rings. The second-order valence-electron chi connectivity index (χ2n) is 4.75. The van der Waals surface area contributed by atoms with Gasteiger partial charge in [0.1, 0.15) is 5.76 Å². The van der Waals surface area contributed by atoms with Crippen molar-refractivity contribution in [2.45, 2.75) is 52.0 Å². The van der Waals surface area contributed by atoms with Gasteiger partial charge < -0.3 is 10.2 Å². The predicted molar refractivity (Wildman–Crippen MR) is 59.5 cm³/mol. The predicted octanol–water partition coefficient (Wildman–Crippen LogP) is 2.60. The van der Waals surface area contributed by atoms with Crippen LogP contribution >= 0.6 is 0 Å². The van der Waals surface area contributed by atoms with Crippen LogP contribution in [0.2, 0.25) is 0 Å². The topological polar surface area (TPSA) is 52.0 Å². The molecule has 2 rings (SSSR count). The zero-order chi connectivity index (χ0) is 10.8. The molecule has 1 aromatic heterocycles. The van der Waals surface area contributed by atoms with Gasteiger partial charge in [-0.3, -0.25) is 0 Å². The summed E-state index contributed by atoms with van der Waals surface area (Å²) in [4.78, 5) is 4.54. The van der Waals surface area contributed by atoms with Crippen molar-refractivity contribution in [2.75, 3.05) is 0 Å². The van der Waals surface area contributed by atoms with E-state index in [9.17, 15) is 0 Å². The van der Waals surface area contributed by atoms with Crippen LogP contribution < -0.4 is 5.73 Å². The van der Waals surface area contributed by atoms with Crippen molar-refractivity contribution in [3.63, 3.8) is 0 Å². The van der Waals surface area contributed by atoms with Gasteiger partial charge in [-0.1, -0.05) is 20.3 Å². The van der Waals surface area contributed by atoms with Gasteiger partial charge in [0, 0.05) is 6.42 Å². The first kappa shape index (κ1) is 10.7. The molecule has 0 saturated heterocycles. The van der Waals surface area contributed by atoms with E-state index in [0.717, 1.165) is 30.2 Å². The Morgan fingerprint density at radius 3 is 2.67 bits per heavy atom. The standard InChI is InChI=1S/C12H20N2O/c1-8(2)11(13)12-14-9-6-4-3-5-7-10(9)15-12/h8,11H,3-7,13H2,1-2H3/t11-/m0/s1. The molecule has 1 aromatic rings. The summed E-state index contributed by atoms with van der Waals surface area (Å²) in [6.07, 6.45) is 5.84. The van der Waals surface area contributed by atoms with Crippen LogP contribution in [0.5, 0.6) is 0 Å². The fourth-order valence-corrected chi connectivity index (χ4v) is 1.98. The normalized spacial score (nSPS) is 18.7. The van der Waals surface area contributed by atoms with Crippen LogP contribution in [0.1, 0.15) is 56.5 Å². The molecule has 3 heteroatoms. The molecule has 0 bridgehead atoms. The molecule has 84 valence electrons. The molecule has 0 aromatic carbocycles. The number of hydrogen-bond acceptors (Lipinski definition) is 3. The summed E-state index contributed by atoms with van der Waals surface area (Å²) in [5, 5.41) is 0. The third kappa shape index (κ3) is 2.23. The number of nitrogens with two attached hydrogens (primary N) is 1. The second kappa shape index (κ2) is 4.35. The Bertz CT molecular complexity index is 307. The molecule has 15 heavy (non-hydrogen) atoms. The summed E-state index contributed by atoms with van der Waals surface area (Å²) in [7, 11) is 0. The molecule has 0 amide bonds. The summed E-state index contributed by atoms with van der Waals surface area (Å²) in [5.41, 5.74) is 7.18. The highest BCUT2D eigenvalue weighted by Gasteiger charge is 2.21. The molecule has 1 aliphatic carbocycles. The maximum absolute atomic E-state index is 6.03. The summed E-state index contributed by atoms with van der Waals surface area (Å²) in [6.45, 7) is 4.19. The van der Waals surface area contributed by atoms with Crippen LogP contribution in [-0.4, -0.2) is 4.98 Å². The van der Waals surface area contributed by atoms with E-state index in [1.165, 1.54) is 19.3 Å². The third-order valence-electron chi connectivity index (χ3n) is 3.12. The lowest BCUT2D eigenvalue weighted by molar-refractivity contribution is 0.370. The first-order valence-corrected chi connectivity index (χ1v) is 5.92. The van der Waals surface area contributed by atoms with Crippen LogP contribution in [0.3, 0.4) is 0 Å². The highest BCUT2D eigenvalue weighted by Crippen LogP contribution is 2.25. The molecule has 2 N–H and O–H groups in total. The van der Waals surface area contributed by atoms with Gasteiger partial charge in [-0.05, 0) is 25.2 Å². The van der Waals surface area contributed by atoms with E-state index in [1.807, 2.05) is 0 Å². The first-order chi connectivity index (χ1) is 7.18. The Kier molecular flexibility index (Phi) is 3.10. The van der Waals surface area contributed by atoms with E-state index < -0.39 is 0 Å². The molecule has 0 saturated carbocycles. The quantitative estimate of drug-likeness (QED) is 0.760. The second-order valence-corrected chi connectivity index (χ2v) is 4.75. The van der Waals surface area contributed by atoms with E-state index >= 15 is 0 Å². The van der Waals surface area contributed by atoms with Gasteiger partial charge in [0.15, 0.2) is 0 Å². The lowest BCUT2D eigenvalue weighted by atomic mass is 10.1. The maximum Gasteiger partial charge on any atom is 0.211 e.